The zero-order chi connectivity index (χ0) is 15.0. The second-order valence-electron chi connectivity index (χ2n) is 6.28. The third-order valence-corrected chi connectivity index (χ3v) is 6.13. The van der Waals surface area contributed by atoms with Crippen LogP contribution >= 0.6 is 0 Å². The Balaban J connectivity index is 1.84. The van der Waals surface area contributed by atoms with Crippen LogP contribution in [0.4, 0.5) is 0 Å². The number of hydrogen-bond acceptors (Lipinski definition) is 4. The van der Waals surface area contributed by atoms with Crippen LogP contribution in [0.2, 0.25) is 0 Å². The van der Waals surface area contributed by atoms with Crippen LogP contribution in [0.3, 0.4) is 0 Å². The van der Waals surface area contributed by atoms with Crippen molar-refractivity contribution in [2.24, 2.45) is 0 Å². The van der Waals surface area contributed by atoms with Crippen molar-refractivity contribution < 1.29 is 12.8 Å². The van der Waals surface area contributed by atoms with Crippen molar-refractivity contribution in [3.63, 3.8) is 0 Å². The number of furan rings is 1. The van der Waals surface area contributed by atoms with E-state index < -0.39 is 10.0 Å². The Labute approximate surface area is 126 Å². The molecule has 21 heavy (non-hydrogen) atoms. The predicted molar refractivity (Wildman–Crippen MR) is 80.6 cm³/mol. The van der Waals surface area contributed by atoms with E-state index in [-0.39, 0.29) is 6.04 Å². The minimum Gasteiger partial charge on any atom is -0.465 e. The van der Waals surface area contributed by atoms with Gasteiger partial charge in [-0.05, 0) is 39.5 Å². The van der Waals surface area contributed by atoms with Gasteiger partial charge in [0.15, 0.2) is 0 Å². The molecule has 2 aliphatic carbocycles. The van der Waals surface area contributed by atoms with E-state index in [2.05, 4.69) is 10.0 Å². The van der Waals surface area contributed by atoms with Crippen molar-refractivity contribution in [1.82, 2.24) is 10.0 Å². The Morgan fingerprint density at radius 2 is 1.71 bits per heavy atom. The van der Waals surface area contributed by atoms with Crippen LogP contribution in [-0.2, 0) is 16.6 Å². The highest BCUT2D eigenvalue weighted by atomic mass is 32.2. The van der Waals surface area contributed by atoms with Crippen molar-refractivity contribution >= 4 is 10.0 Å². The summed E-state index contributed by atoms with van der Waals surface area (Å²) in [6.07, 6.45) is 6.44. The fourth-order valence-electron chi connectivity index (χ4n) is 3.12. The normalized spacial score (nSPS) is 20.3. The van der Waals surface area contributed by atoms with Crippen LogP contribution < -0.4 is 10.0 Å². The SMILES string of the molecule is Cc1oc(C)c(S(=O)(=O)NC2CCCC2)c1CNC1CC1. The summed E-state index contributed by atoms with van der Waals surface area (Å²) < 4.78 is 33.9. The second-order valence-corrected chi connectivity index (χ2v) is 7.93. The van der Waals surface area contributed by atoms with Gasteiger partial charge in [-0.25, -0.2) is 13.1 Å². The minimum absolute atomic E-state index is 0.0776. The molecular weight excluding hydrogens is 288 g/mol. The predicted octanol–water partition coefficient (Wildman–Crippen LogP) is 2.37. The Morgan fingerprint density at radius 3 is 2.33 bits per heavy atom. The van der Waals surface area contributed by atoms with Crippen molar-refractivity contribution in [3.8, 4) is 0 Å². The molecule has 0 unspecified atom stereocenters. The van der Waals surface area contributed by atoms with Gasteiger partial charge in [-0.3, -0.25) is 0 Å². The fourth-order valence-corrected chi connectivity index (χ4v) is 4.87. The van der Waals surface area contributed by atoms with Crippen molar-refractivity contribution in [2.45, 2.75) is 75.9 Å². The highest BCUT2D eigenvalue weighted by Gasteiger charge is 2.31. The zero-order valence-electron chi connectivity index (χ0n) is 12.7. The quantitative estimate of drug-likeness (QED) is 0.846. The van der Waals surface area contributed by atoms with Gasteiger partial charge in [0.2, 0.25) is 10.0 Å². The Hall–Kier alpha value is -0.850. The van der Waals surface area contributed by atoms with Gasteiger partial charge in [-0.15, -0.1) is 0 Å². The molecule has 2 N–H and O–H groups in total. The molecule has 0 atom stereocenters. The molecule has 1 aromatic rings. The first kappa shape index (κ1) is 15.1. The molecule has 3 rings (SSSR count). The van der Waals surface area contributed by atoms with Gasteiger partial charge in [-0.2, -0.15) is 0 Å². The molecule has 1 aromatic heterocycles. The van der Waals surface area contributed by atoms with E-state index in [0.717, 1.165) is 31.2 Å². The molecule has 2 aliphatic rings. The first-order chi connectivity index (χ1) is 9.97. The summed E-state index contributed by atoms with van der Waals surface area (Å²) in [6.45, 7) is 4.14. The van der Waals surface area contributed by atoms with Crippen LogP contribution in [0.25, 0.3) is 0 Å². The van der Waals surface area contributed by atoms with Crippen LogP contribution in [0.5, 0.6) is 0 Å². The van der Waals surface area contributed by atoms with E-state index in [1.807, 2.05) is 6.92 Å². The van der Waals surface area contributed by atoms with Gasteiger partial charge in [0.05, 0.1) is 0 Å². The lowest BCUT2D eigenvalue weighted by Gasteiger charge is -2.13. The molecule has 1 heterocycles. The molecular formula is C15H24N2O3S. The van der Waals surface area contributed by atoms with Crippen LogP contribution in [0, 0.1) is 13.8 Å². The highest BCUT2D eigenvalue weighted by molar-refractivity contribution is 7.89. The summed E-state index contributed by atoms with van der Waals surface area (Å²) in [5, 5.41) is 3.38. The van der Waals surface area contributed by atoms with Gasteiger partial charge in [-0.1, -0.05) is 12.8 Å². The summed E-state index contributed by atoms with van der Waals surface area (Å²) in [5.74, 6) is 1.19. The monoisotopic (exact) mass is 312 g/mol. The molecule has 5 nitrogen and oxygen atoms in total. The number of sulfonamides is 1. The van der Waals surface area contributed by atoms with E-state index in [1.165, 1.54) is 12.8 Å². The number of nitrogens with one attached hydrogen (secondary N) is 2. The molecule has 0 aliphatic heterocycles. The third kappa shape index (κ3) is 3.33. The van der Waals surface area contributed by atoms with Crippen molar-refractivity contribution in [1.29, 1.82) is 0 Å². The maximum atomic E-state index is 12.7. The molecule has 6 heteroatoms. The first-order valence-corrected chi connectivity index (χ1v) is 9.30. The number of aryl methyl sites for hydroxylation is 2. The molecule has 2 saturated carbocycles. The summed E-state index contributed by atoms with van der Waals surface area (Å²) in [4.78, 5) is 0.347. The Morgan fingerprint density at radius 1 is 1.05 bits per heavy atom. The molecule has 0 aromatic carbocycles. The molecule has 0 bridgehead atoms. The first-order valence-electron chi connectivity index (χ1n) is 7.82. The lowest BCUT2D eigenvalue weighted by molar-refractivity contribution is 0.491. The van der Waals surface area contributed by atoms with Gasteiger partial charge < -0.3 is 9.73 Å². The average molecular weight is 312 g/mol. The molecule has 0 radical (unpaired) electrons. The standard InChI is InChI=1S/C15H24N2O3S/c1-10-14(9-16-12-7-8-12)15(11(2)20-10)21(18,19)17-13-5-3-4-6-13/h12-13,16-17H,3-9H2,1-2H3. The largest absolute Gasteiger partial charge is 0.465 e. The van der Waals surface area contributed by atoms with E-state index in [4.69, 9.17) is 4.42 Å². The number of hydrogen-bond donors (Lipinski definition) is 2. The van der Waals surface area contributed by atoms with Gasteiger partial charge in [0.1, 0.15) is 16.4 Å². The Bertz CT molecular complexity index is 611. The second kappa shape index (κ2) is 5.74. The average Bonchev–Trinajstić information content (AvgIpc) is 3.00. The smallest absolute Gasteiger partial charge is 0.244 e. The molecule has 2 fully saturated rings. The maximum Gasteiger partial charge on any atom is 0.244 e. The maximum absolute atomic E-state index is 12.7. The molecule has 118 valence electrons. The van der Waals surface area contributed by atoms with Gasteiger partial charge in [0.25, 0.3) is 0 Å². The summed E-state index contributed by atoms with van der Waals surface area (Å²) in [5.41, 5.74) is 0.782. The Kier molecular flexibility index (Phi) is 4.12. The van der Waals surface area contributed by atoms with Crippen molar-refractivity contribution in [2.75, 3.05) is 0 Å². The summed E-state index contributed by atoms with van der Waals surface area (Å²) >= 11 is 0. The zero-order valence-corrected chi connectivity index (χ0v) is 13.6. The lowest BCUT2D eigenvalue weighted by atomic mass is 10.2. The van der Waals surface area contributed by atoms with E-state index in [9.17, 15) is 8.42 Å². The van der Waals surface area contributed by atoms with E-state index in [1.54, 1.807) is 6.92 Å². The third-order valence-electron chi connectivity index (χ3n) is 4.42. The lowest BCUT2D eigenvalue weighted by Crippen LogP contribution is -2.33. The summed E-state index contributed by atoms with van der Waals surface area (Å²) in [6, 6.07) is 0.617. The summed E-state index contributed by atoms with van der Waals surface area (Å²) in [7, 11) is -3.50. The molecule has 0 amide bonds. The van der Waals surface area contributed by atoms with E-state index in [0.29, 0.717) is 29.0 Å². The highest BCUT2D eigenvalue weighted by Crippen LogP contribution is 2.29. The van der Waals surface area contributed by atoms with Gasteiger partial charge in [0, 0.05) is 24.2 Å². The van der Waals surface area contributed by atoms with Crippen LogP contribution in [0.15, 0.2) is 9.31 Å². The van der Waals surface area contributed by atoms with Crippen molar-refractivity contribution in [3.05, 3.63) is 17.1 Å². The molecule has 0 spiro atoms. The number of rotatable bonds is 6. The fraction of sp³-hybridized carbons (Fsp3) is 0.733. The topological polar surface area (TPSA) is 71.3 Å². The minimum atomic E-state index is -3.50. The van der Waals surface area contributed by atoms with Crippen LogP contribution in [-0.4, -0.2) is 20.5 Å². The molecule has 0 saturated heterocycles. The van der Waals surface area contributed by atoms with Gasteiger partial charge >= 0.3 is 0 Å². The van der Waals surface area contributed by atoms with E-state index >= 15 is 0 Å². The van der Waals surface area contributed by atoms with Crippen LogP contribution in [0.1, 0.15) is 55.6 Å².